The summed E-state index contributed by atoms with van der Waals surface area (Å²) in [5, 5.41) is 2.98. The predicted molar refractivity (Wildman–Crippen MR) is 85.0 cm³/mol. The molecule has 0 saturated heterocycles. The maximum absolute atomic E-state index is 11.5. The molecule has 22 heavy (non-hydrogen) atoms. The van der Waals surface area contributed by atoms with Crippen LogP contribution in [0.4, 0.5) is 5.82 Å². The van der Waals surface area contributed by atoms with Crippen molar-refractivity contribution in [1.29, 1.82) is 0 Å². The van der Waals surface area contributed by atoms with Gasteiger partial charge in [0.15, 0.2) is 0 Å². The Balaban J connectivity index is 2.13. The SMILES string of the molecule is NC(=O)c1cc(-c2ccc3ccccc3c2)[nH]c1N(N)C=O. The minimum atomic E-state index is -0.657. The van der Waals surface area contributed by atoms with Crippen molar-refractivity contribution >= 4 is 28.9 Å². The summed E-state index contributed by atoms with van der Waals surface area (Å²) < 4.78 is 0. The van der Waals surface area contributed by atoms with E-state index in [1.807, 2.05) is 42.5 Å². The molecule has 0 aliphatic carbocycles. The monoisotopic (exact) mass is 294 g/mol. The first-order valence-corrected chi connectivity index (χ1v) is 6.61. The van der Waals surface area contributed by atoms with Gasteiger partial charge in [-0.05, 0) is 28.5 Å². The highest BCUT2D eigenvalue weighted by Crippen LogP contribution is 2.28. The van der Waals surface area contributed by atoms with E-state index in [-0.39, 0.29) is 11.4 Å². The summed E-state index contributed by atoms with van der Waals surface area (Å²) in [6.07, 6.45) is 0.405. The molecule has 0 radical (unpaired) electrons. The lowest BCUT2D eigenvalue weighted by atomic mass is 10.1. The molecule has 0 saturated carbocycles. The number of primary amides is 1. The van der Waals surface area contributed by atoms with Crippen molar-refractivity contribution in [1.82, 2.24) is 4.98 Å². The lowest BCUT2D eigenvalue weighted by molar-refractivity contribution is -0.107. The molecule has 5 N–H and O–H groups in total. The Hall–Kier alpha value is -3.12. The molecule has 1 heterocycles. The normalized spacial score (nSPS) is 10.6. The largest absolute Gasteiger partial charge is 0.365 e. The fraction of sp³-hybridized carbons (Fsp3) is 0. The number of carbonyl (C=O) groups excluding carboxylic acids is 2. The number of nitrogens with one attached hydrogen (secondary N) is 1. The molecule has 0 atom stereocenters. The quantitative estimate of drug-likeness (QED) is 0.295. The molecule has 0 aliphatic rings. The van der Waals surface area contributed by atoms with Crippen molar-refractivity contribution < 1.29 is 9.59 Å². The zero-order valence-corrected chi connectivity index (χ0v) is 11.6. The van der Waals surface area contributed by atoms with Crippen molar-refractivity contribution in [3.8, 4) is 11.3 Å². The molecule has 0 aliphatic heterocycles. The van der Waals surface area contributed by atoms with Crippen molar-refractivity contribution in [2.24, 2.45) is 11.6 Å². The summed E-state index contributed by atoms with van der Waals surface area (Å²) in [6, 6.07) is 15.4. The molecule has 2 aromatic carbocycles. The topological polar surface area (TPSA) is 105 Å². The van der Waals surface area contributed by atoms with E-state index in [1.54, 1.807) is 6.07 Å². The zero-order valence-electron chi connectivity index (χ0n) is 11.6. The van der Waals surface area contributed by atoms with Gasteiger partial charge in [-0.3, -0.25) is 9.59 Å². The molecule has 6 heteroatoms. The van der Waals surface area contributed by atoms with Crippen LogP contribution in [0.15, 0.2) is 48.5 Å². The molecule has 0 unspecified atom stereocenters. The fourth-order valence-electron chi connectivity index (χ4n) is 2.40. The van der Waals surface area contributed by atoms with Gasteiger partial charge in [0, 0.05) is 5.69 Å². The van der Waals surface area contributed by atoms with Crippen LogP contribution in [-0.4, -0.2) is 17.3 Å². The van der Waals surface area contributed by atoms with Gasteiger partial charge in [-0.2, -0.15) is 0 Å². The number of aromatic amines is 1. The average molecular weight is 294 g/mol. The predicted octanol–water partition coefficient (Wildman–Crippen LogP) is 1.77. The van der Waals surface area contributed by atoms with E-state index in [1.165, 1.54) is 0 Å². The van der Waals surface area contributed by atoms with E-state index in [0.29, 0.717) is 12.1 Å². The zero-order chi connectivity index (χ0) is 15.7. The van der Waals surface area contributed by atoms with Gasteiger partial charge < -0.3 is 10.7 Å². The van der Waals surface area contributed by atoms with Gasteiger partial charge in [-0.1, -0.05) is 36.4 Å². The Labute approximate surface area is 126 Å². The third kappa shape index (κ3) is 2.32. The Morgan fingerprint density at radius 2 is 1.82 bits per heavy atom. The van der Waals surface area contributed by atoms with Crippen LogP contribution >= 0.6 is 0 Å². The maximum atomic E-state index is 11.5. The van der Waals surface area contributed by atoms with E-state index in [9.17, 15) is 9.59 Å². The highest BCUT2D eigenvalue weighted by molar-refractivity contribution is 6.01. The number of hydrazine groups is 1. The standard InChI is InChI=1S/C16H14N4O2/c17-15(22)13-8-14(19-16(13)20(18)9-21)12-6-5-10-3-1-2-4-11(10)7-12/h1-9,19H,18H2,(H2,17,22). The van der Waals surface area contributed by atoms with Crippen LogP contribution in [0, 0.1) is 0 Å². The molecule has 0 bridgehead atoms. The third-order valence-electron chi connectivity index (χ3n) is 3.49. The number of H-pyrrole nitrogens is 1. The number of nitrogens with two attached hydrogens (primary N) is 2. The van der Waals surface area contributed by atoms with Crippen LogP contribution in [-0.2, 0) is 4.79 Å². The highest BCUT2D eigenvalue weighted by atomic mass is 16.1. The second-order valence-electron chi connectivity index (χ2n) is 4.88. The minimum absolute atomic E-state index is 0.165. The molecule has 6 nitrogen and oxygen atoms in total. The highest BCUT2D eigenvalue weighted by Gasteiger charge is 2.17. The molecule has 3 rings (SSSR count). The molecule has 1 aromatic heterocycles. The summed E-state index contributed by atoms with van der Waals surface area (Å²) in [6.45, 7) is 0. The second-order valence-corrected chi connectivity index (χ2v) is 4.88. The molecule has 2 amide bonds. The smallest absolute Gasteiger partial charge is 0.252 e. The Bertz CT molecular complexity index is 869. The summed E-state index contributed by atoms with van der Waals surface area (Å²) in [5.41, 5.74) is 7.02. The van der Waals surface area contributed by atoms with Crippen LogP contribution in [0.3, 0.4) is 0 Å². The lowest BCUT2D eigenvalue weighted by Crippen LogP contribution is -2.31. The van der Waals surface area contributed by atoms with Crippen LogP contribution < -0.4 is 16.6 Å². The van der Waals surface area contributed by atoms with Crippen molar-refractivity contribution in [2.45, 2.75) is 0 Å². The average Bonchev–Trinajstić information content (AvgIpc) is 2.99. The van der Waals surface area contributed by atoms with E-state index in [2.05, 4.69) is 4.98 Å². The first-order valence-electron chi connectivity index (χ1n) is 6.61. The van der Waals surface area contributed by atoms with Gasteiger partial charge in [-0.15, -0.1) is 0 Å². The molecular formula is C16H14N4O2. The number of fused-ring (bicyclic) bond motifs is 1. The first kappa shape index (κ1) is 13.8. The van der Waals surface area contributed by atoms with Crippen molar-refractivity contribution in [3.63, 3.8) is 0 Å². The van der Waals surface area contributed by atoms with E-state index in [0.717, 1.165) is 21.3 Å². The molecule has 0 fully saturated rings. The van der Waals surface area contributed by atoms with Gasteiger partial charge in [0.2, 0.25) is 6.41 Å². The number of amides is 2. The number of hydrogen-bond acceptors (Lipinski definition) is 3. The molecule has 110 valence electrons. The number of hydrogen-bond donors (Lipinski definition) is 3. The number of nitrogens with zero attached hydrogens (tertiary/aromatic N) is 1. The second kappa shape index (κ2) is 5.34. The van der Waals surface area contributed by atoms with Gasteiger partial charge in [0.25, 0.3) is 5.91 Å². The van der Waals surface area contributed by atoms with Crippen LogP contribution in [0.25, 0.3) is 22.0 Å². The molecule has 3 aromatic rings. The summed E-state index contributed by atoms with van der Waals surface area (Å²) in [4.78, 5) is 25.3. The number of rotatable bonds is 4. The third-order valence-corrected chi connectivity index (χ3v) is 3.49. The minimum Gasteiger partial charge on any atom is -0.365 e. The summed E-state index contributed by atoms with van der Waals surface area (Å²) in [7, 11) is 0. The first-order chi connectivity index (χ1) is 10.6. The van der Waals surface area contributed by atoms with Gasteiger partial charge in [0.05, 0.1) is 5.56 Å². The van der Waals surface area contributed by atoms with Crippen molar-refractivity contribution in [2.75, 3.05) is 5.01 Å². The number of carbonyl (C=O) groups is 2. The summed E-state index contributed by atoms with van der Waals surface area (Å²) >= 11 is 0. The Morgan fingerprint density at radius 1 is 1.09 bits per heavy atom. The molecular weight excluding hydrogens is 280 g/mol. The number of anilines is 1. The lowest BCUT2D eigenvalue weighted by Gasteiger charge is -2.08. The van der Waals surface area contributed by atoms with E-state index in [4.69, 9.17) is 11.6 Å². The van der Waals surface area contributed by atoms with E-state index < -0.39 is 5.91 Å². The van der Waals surface area contributed by atoms with Crippen LogP contribution in [0.1, 0.15) is 10.4 Å². The summed E-state index contributed by atoms with van der Waals surface area (Å²) in [5.74, 6) is 5.06. The molecule has 0 spiro atoms. The number of aromatic nitrogens is 1. The maximum Gasteiger partial charge on any atom is 0.252 e. The van der Waals surface area contributed by atoms with Gasteiger partial charge in [-0.25, -0.2) is 10.9 Å². The van der Waals surface area contributed by atoms with Crippen molar-refractivity contribution in [3.05, 3.63) is 54.1 Å². The van der Waals surface area contributed by atoms with Crippen LogP contribution in [0.2, 0.25) is 0 Å². The van der Waals surface area contributed by atoms with Crippen LogP contribution in [0.5, 0.6) is 0 Å². The number of benzene rings is 2. The van der Waals surface area contributed by atoms with Gasteiger partial charge in [0.1, 0.15) is 5.82 Å². The Kier molecular flexibility index (Phi) is 3.36. The van der Waals surface area contributed by atoms with E-state index >= 15 is 0 Å². The fourth-order valence-corrected chi connectivity index (χ4v) is 2.40. The Morgan fingerprint density at radius 3 is 2.50 bits per heavy atom. The van der Waals surface area contributed by atoms with Gasteiger partial charge >= 0.3 is 0 Å².